The molecule has 0 unspecified atom stereocenters. The van der Waals surface area contributed by atoms with Gasteiger partial charge in [0.2, 0.25) is 5.91 Å². The van der Waals surface area contributed by atoms with Gasteiger partial charge >= 0.3 is 5.97 Å². The Morgan fingerprint density at radius 3 is 2.19 bits per heavy atom. The maximum Gasteiger partial charge on any atom is 0.306 e. The van der Waals surface area contributed by atoms with Gasteiger partial charge in [0.15, 0.2) is 0 Å². The number of nitrogens with two attached hydrogens (primary N) is 2. The molecule has 342 valence electrons. The third-order valence-corrected chi connectivity index (χ3v) is 18.2. The van der Waals surface area contributed by atoms with Crippen molar-refractivity contribution in [2.24, 2.45) is 63.7 Å². The van der Waals surface area contributed by atoms with E-state index >= 15 is 0 Å². The zero-order valence-corrected chi connectivity index (χ0v) is 40.4. The second-order valence-corrected chi connectivity index (χ2v) is 21.6. The number of amides is 1. The standard InChI is InChI=1S/C52H96N4O3/c1-11-40(38(6)7)22-21-39(8)44-25-26-45-43-24-23-41-37-42(27-29-49(41,9)46(43)28-30-50(44,45)10)59-48(58)20-18-19-47(57)56(36-32-52(54,14-4)15-5)35-17-16-33-55-34-31-51(53,12-2)13-3/h23,38-40,42-46,55H,11-22,24-37,53-54H2,1-10H3/t39-,40-,42+,43+,44-,45+,46+,49+,50-/m1/s1. The smallest absolute Gasteiger partial charge is 0.306 e. The normalized spacial score (nSPS) is 29.3. The minimum Gasteiger partial charge on any atom is -0.462 e. The van der Waals surface area contributed by atoms with E-state index in [2.05, 4.69) is 80.6 Å². The molecule has 7 nitrogen and oxygen atoms in total. The van der Waals surface area contributed by atoms with E-state index in [1.807, 2.05) is 4.90 Å². The van der Waals surface area contributed by atoms with E-state index in [-0.39, 0.29) is 34.5 Å². The van der Waals surface area contributed by atoms with Gasteiger partial charge < -0.3 is 26.4 Å². The number of nitrogens with zero attached hydrogens (tertiary/aromatic N) is 1. The van der Waals surface area contributed by atoms with Crippen LogP contribution in [0.4, 0.5) is 0 Å². The molecule has 0 bridgehead atoms. The highest BCUT2D eigenvalue weighted by atomic mass is 16.5. The summed E-state index contributed by atoms with van der Waals surface area (Å²) in [7, 11) is 0. The van der Waals surface area contributed by atoms with Crippen LogP contribution < -0.4 is 16.8 Å². The topological polar surface area (TPSA) is 111 Å². The number of carbonyl (C=O) groups excluding carboxylic acids is 2. The van der Waals surface area contributed by atoms with Gasteiger partial charge in [-0.3, -0.25) is 9.59 Å². The number of unbranched alkanes of at least 4 members (excludes halogenated alkanes) is 1. The van der Waals surface area contributed by atoms with Gasteiger partial charge in [0.25, 0.3) is 0 Å². The molecule has 0 aromatic heterocycles. The van der Waals surface area contributed by atoms with Gasteiger partial charge in [0.05, 0.1) is 0 Å². The van der Waals surface area contributed by atoms with E-state index in [1.54, 1.807) is 5.57 Å². The minimum absolute atomic E-state index is 0.0338. The van der Waals surface area contributed by atoms with Crippen LogP contribution in [-0.2, 0) is 14.3 Å². The van der Waals surface area contributed by atoms with Gasteiger partial charge in [-0.15, -0.1) is 0 Å². The first-order valence-corrected chi connectivity index (χ1v) is 25.5. The number of hydrogen-bond donors (Lipinski definition) is 3. The lowest BCUT2D eigenvalue weighted by Crippen LogP contribution is -2.51. The largest absolute Gasteiger partial charge is 0.462 e. The van der Waals surface area contributed by atoms with Gasteiger partial charge in [0, 0.05) is 43.4 Å². The molecule has 0 aromatic rings. The Labute approximate surface area is 364 Å². The van der Waals surface area contributed by atoms with Crippen LogP contribution in [-0.4, -0.2) is 60.1 Å². The summed E-state index contributed by atoms with van der Waals surface area (Å²) in [5.74, 6) is 5.78. The van der Waals surface area contributed by atoms with Crippen molar-refractivity contribution in [3.8, 4) is 0 Å². The Balaban J connectivity index is 1.24. The molecule has 1 amide bonds. The summed E-state index contributed by atoms with van der Waals surface area (Å²) in [6.07, 6.45) is 25.2. The molecule has 7 heteroatoms. The molecule has 0 saturated heterocycles. The van der Waals surface area contributed by atoms with Crippen molar-refractivity contribution < 1.29 is 14.3 Å². The predicted molar refractivity (Wildman–Crippen MR) is 249 cm³/mol. The highest BCUT2D eigenvalue weighted by molar-refractivity contribution is 5.77. The molecule has 0 radical (unpaired) electrons. The number of esters is 1. The van der Waals surface area contributed by atoms with Crippen molar-refractivity contribution >= 4 is 11.9 Å². The second-order valence-electron chi connectivity index (χ2n) is 21.6. The average molecular weight is 825 g/mol. The molecule has 9 atom stereocenters. The number of ether oxygens (including phenoxy) is 1. The summed E-state index contributed by atoms with van der Waals surface area (Å²) in [6.45, 7) is 26.9. The highest BCUT2D eigenvalue weighted by Crippen LogP contribution is 2.67. The van der Waals surface area contributed by atoms with Crippen LogP contribution >= 0.6 is 0 Å². The SMILES string of the molecule is CC[C@H](CC[C@@H](C)[C@H]1CC[C@H]2[C@@H]3CC=C4C[C@@H](OC(=O)CCCC(=O)N(CCCCNCCC(N)(CC)CC)CCC(N)(CC)CC)CC[C@]4(C)[C@H]3CC[C@]12C)C(C)C. The summed E-state index contributed by atoms with van der Waals surface area (Å²) in [5, 5.41) is 3.56. The molecule has 3 saturated carbocycles. The van der Waals surface area contributed by atoms with E-state index in [0.29, 0.717) is 31.2 Å². The number of fused-ring (bicyclic) bond motifs is 5. The summed E-state index contributed by atoms with van der Waals surface area (Å²) in [4.78, 5) is 28.8. The molecular formula is C52H96N4O3. The second kappa shape index (κ2) is 22.8. The summed E-state index contributed by atoms with van der Waals surface area (Å²) >= 11 is 0. The Kier molecular flexibility index (Phi) is 19.4. The first-order valence-electron chi connectivity index (χ1n) is 25.5. The molecule has 3 fully saturated rings. The van der Waals surface area contributed by atoms with Crippen molar-refractivity contribution in [1.29, 1.82) is 0 Å². The lowest BCUT2D eigenvalue weighted by Gasteiger charge is -2.58. The molecule has 0 spiro atoms. The van der Waals surface area contributed by atoms with E-state index in [4.69, 9.17) is 16.2 Å². The lowest BCUT2D eigenvalue weighted by atomic mass is 9.47. The lowest BCUT2D eigenvalue weighted by molar-refractivity contribution is -0.151. The quantitative estimate of drug-likeness (QED) is 0.0455. The van der Waals surface area contributed by atoms with E-state index in [0.717, 1.165) is 132 Å². The van der Waals surface area contributed by atoms with Crippen LogP contribution in [0.1, 0.15) is 210 Å². The number of hydrogen-bond acceptors (Lipinski definition) is 6. The Morgan fingerprint density at radius 1 is 0.831 bits per heavy atom. The van der Waals surface area contributed by atoms with Gasteiger partial charge in [-0.1, -0.05) is 93.7 Å². The Hall–Kier alpha value is -1.44. The molecule has 4 aliphatic rings. The van der Waals surface area contributed by atoms with Gasteiger partial charge in [0.1, 0.15) is 6.10 Å². The molecule has 4 aliphatic carbocycles. The number of nitrogens with one attached hydrogen (secondary N) is 1. The van der Waals surface area contributed by atoms with Gasteiger partial charge in [-0.25, -0.2) is 0 Å². The van der Waals surface area contributed by atoms with Crippen molar-refractivity contribution in [2.45, 2.75) is 228 Å². The summed E-state index contributed by atoms with van der Waals surface area (Å²) in [6, 6.07) is 0. The Morgan fingerprint density at radius 2 is 1.53 bits per heavy atom. The van der Waals surface area contributed by atoms with Gasteiger partial charge in [-0.05, 0) is 174 Å². The molecule has 0 aromatic carbocycles. The third-order valence-electron chi connectivity index (χ3n) is 18.2. The van der Waals surface area contributed by atoms with Crippen molar-refractivity contribution in [1.82, 2.24) is 10.2 Å². The number of rotatable bonds is 26. The molecule has 4 rings (SSSR count). The molecular weight excluding hydrogens is 729 g/mol. The fraction of sp³-hybridized carbons (Fsp3) is 0.923. The maximum atomic E-state index is 13.6. The minimum atomic E-state index is -0.247. The first-order chi connectivity index (χ1) is 28.0. The van der Waals surface area contributed by atoms with Crippen LogP contribution in [0.2, 0.25) is 0 Å². The van der Waals surface area contributed by atoms with Crippen LogP contribution in [0.3, 0.4) is 0 Å². The zero-order chi connectivity index (χ0) is 43.4. The monoisotopic (exact) mass is 825 g/mol. The van der Waals surface area contributed by atoms with Crippen LogP contribution in [0, 0.1) is 52.3 Å². The highest BCUT2D eigenvalue weighted by Gasteiger charge is 2.59. The van der Waals surface area contributed by atoms with E-state index in [1.165, 1.54) is 51.4 Å². The first kappa shape index (κ1) is 50.2. The average Bonchev–Trinajstić information content (AvgIpc) is 3.58. The predicted octanol–water partition coefficient (Wildman–Crippen LogP) is 11.8. The molecule has 5 N–H and O–H groups in total. The van der Waals surface area contributed by atoms with Crippen molar-refractivity contribution in [2.75, 3.05) is 26.2 Å². The fourth-order valence-corrected chi connectivity index (χ4v) is 13.1. The van der Waals surface area contributed by atoms with Crippen molar-refractivity contribution in [3.05, 3.63) is 11.6 Å². The molecule has 0 heterocycles. The van der Waals surface area contributed by atoms with Crippen molar-refractivity contribution in [3.63, 3.8) is 0 Å². The van der Waals surface area contributed by atoms with E-state index < -0.39 is 0 Å². The summed E-state index contributed by atoms with van der Waals surface area (Å²) < 4.78 is 6.18. The zero-order valence-electron chi connectivity index (χ0n) is 40.4. The fourth-order valence-electron chi connectivity index (χ4n) is 13.1. The van der Waals surface area contributed by atoms with E-state index in [9.17, 15) is 9.59 Å². The molecule has 59 heavy (non-hydrogen) atoms. The van der Waals surface area contributed by atoms with Crippen LogP contribution in [0.25, 0.3) is 0 Å². The maximum absolute atomic E-state index is 13.6. The summed E-state index contributed by atoms with van der Waals surface area (Å²) in [5.41, 5.74) is 15.1. The Bertz CT molecular complexity index is 1320. The third kappa shape index (κ3) is 12.8. The van der Waals surface area contributed by atoms with Crippen LogP contribution in [0.15, 0.2) is 11.6 Å². The number of carbonyl (C=O) groups is 2. The van der Waals surface area contributed by atoms with Crippen LogP contribution in [0.5, 0.6) is 0 Å². The van der Waals surface area contributed by atoms with Gasteiger partial charge in [-0.2, -0.15) is 0 Å². The molecule has 0 aliphatic heterocycles. The number of allylic oxidation sites excluding steroid dienone is 1.